The van der Waals surface area contributed by atoms with Gasteiger partial charge < -0.3 is 4.42 Å². The van der Waals surface area contributed by atoms with Crippen molar-refractivity contribution in [1.82, 2.24) is 4.98 Å². The van der Waals surface area contributed by atoms with E-state index in [-0.39, 0.29) is 11.9 Å². The first-order valence-corrected chi connectivity index (χ1v) is 2.66. The molecule has 1 N–H and O–H groups in total. The van der Waals surface area contributed by atoms with E-state index in [1.165, 1.54) is 12.5 Å². The molecule has 0 unspecified atom stereocenters. The van der Waals surface area contributed by atoms with Crippen LogP contribution in [-0.2, 0) is 4.79 Å². The van der Waals surface area contributed by atoms with E-state index >= 15 is 0 Å². The number of nitrogens with zero attached hydrogens (tertiary/aromatic N) is 1. The van der Waals surface area contributed by atoms with Crippen LogP contribution in [-0.4, -0.2) is 10.9 Å². The number of nitrogens with one attached hydrogen (secondary N) is 1. The highest BCUT2D eigenvalue weighted by Crippen LogP contribution is 1.99. The van der Waals surface area contributed by atoms with E-state index in [1.54, 1.807) is 0 Å². The number of hydrogen-bond donors (Lipinski definition) is 1. The predicted octanol–water partition coefficient (Wildman–Crippen LogP) is 0.799. The summed E-state index contributed by atoms with van der Waals surface area (Å²) in [7, 11) is 0. The van der Waals surface area contributed by atoms with Crippen LogP contribution in [0.2, 0.25) is 0 Å². The van der Waals surface area contributed by atoms with Gasteiger partial charge in [-0.15, -0.1) is 0 Å². The monoisotopic (exact) mass is 138 g/mol. The molecule has 0 aliphatic rings. The summed E-state index contributed by atoms with van der Waals surface area (Å²) in [6, 6.07) is 0.185. The van der Waals surface area contributed by atoms with Crippen LogP contribution in [0.1, 0.15) is 0 Å². The molecule has 1 rings (SSSR count). The molecule has 0 bridgehead atoms. The molecule has 4 heteroatoms. The van der Waals surface area contributed by atoms with E-state index in [0.29, 0.717) is 0 Å². The Labute approximate surface area is 57.6 Å². The van der Waals surface area contributed by atoms with Crippen LogP contribution in [0.5, 0.6) is 0 Å². The lowest BCUT2D eigenvalue weighted by atomic mass is 10.6. The fourth-order valence-electron chi connectivity index (χ4n) is 0.442. The van der Waals surface area contributed by atoms with Gasteiger partial charge >= 0.3 is 6.01 Å². The van der Waals surface area contributed by atoms with Gasteiger partial charge in [-0.05, 0) is 6.08 Å². The first-order chi connectivity index (χ1) is 4.83. The van der Waals surface area contributed by atoms with E-state index in [0.717, 1.165) is 6.08 Å². The Morgan fingerprint density at radius 3 is 3.20 bits per heavy atom. The summed E-state index contributed by atoms with van der Waals surface area (Å²) in [6.45, 7) is 3.26. The maximum Gasteiger partial charge on any atom is 0.301 e. The average molecular weight is 138 g/mol. The van der Waals surface area contributed by atoms with E-state index < -0.39 is 0 Å². The molecule has 0 saturated heterocycles. The summed E-state index contributed by atoms with van der Waals surface area (Å²) >= 11 is 0. The highest BCUT2D eigenvalue weighted by Gasteiger charge is 1.98. The minimum absolute atomic E-state index is 0.185. The maximum absolute atomic E-state index is 10.6. The van der Waals surface area contributed by atoms with Crippen molar-refractivity contribution in [3.05, 3.63) is 25.1 Å². The minimum atomic E-state index is -0.331. The topological polar surface area (TPSA) is 55.1 Å². The fourth-order valence-corrected chi connectivity index (χ4v) is 0.442. The third kappa shape index (κ3) is 1.45. The van der Waals surface area contributed by atoms with E-state index in [1.807, 2.05) is 0 Å². The van der Waals surface area contributed by atoms with Crippen molar-refractivity contribution in [2.75, 3.05) is 5.32 Å². The first-order valence-electron chi connectivity index (χ1n) is 2.66. The molecule has 1 aromatic heterocycles. The molecule has 1 heterocycles. The van der Waals surface area contributed by atoms with Crippen LogP contribution in [0.3, 0.4) is 0 Å². The molecule has 1 amide bonds. The second-order valence-electron chi connectivity index (χ2n) is 1.53. The molecule has 10 heavy (non-hydrogen) atoms. The van der Waals surface area contributed by atoms with E-state index in [9.17, 15) is 4.79 Å². The van der Waals surface area contributed by atoms with Crippen LogP contribution in [0.25, 0.3) is 0 Å². The van der Waals surface area contributed by atoms with Crippen molar-refractivity contribution in [3.8, 4) is 0 Å². The summed E-state index contributed by atoms with van der Waals surface area (Å²) in [5.41, 5.74) is 0. The van der Waals surface area contributed by atoms with Crippen LogP contribution in [0.15, 0.2) is 29.5 Å². The second-order valence-corrected chi connectivity index (χ2v) is 1.53. The Hall–Kier alpha value is -1.58. The molecule has 1 aromatic rings. The molecular weight excluding hydrogens is 132 g/mol. The van der Waals surface area contributed by atoms with Gasteiger partial charge in [-0.3, -0.25) is 10.1 Å². The summed E-state index contributed by atoms with van der Waals surface area (Å²) in [6.07, 6.45) is 3.96. The summed E-state index contributed by atoms with van der Waals surface area (Å²) in [5, 5.41) is 2.34. The highest BCUT2D eigenvalue weighted by atomic mass is 16.4. The van der Waals surface area contributed by atoms with Gasteiger partial charge in [-0.2, -0.15) is 0 Å². The molecule has 52 valence electrons. The molecular formula is C6H6N2O2. The molecule has 0 aliphatic carbocycles. The lowest BCUT2D eigenvalue weighted by Gasteiger charge is -1.91. The van der Waals surface area contributed by atoms with Crippen molar-refractivity contribution in [2.45, 2.75) is 0 Å². The van der Waals surface area contributed by atoms with Crippen molar-refractivity contribution in [3.63, 3.8) is 0 Å². The van der Waals surface area contributed by atoms with E-state index in [4.69, 9.17) is 4.42 Å². The molecule has 0 aliphatic heterocycles. The van der Waals surface area contributed by atoms with Gasteiger partial charge in [0.05, 0.1) is 6.20 Å². The van der Waals surface area contributed by atoms with Crippen molar-refractivity contribution in [1.29, 1.82) is 0 Å². The van der Waals surface area contributed by atoms with Crippen molar-refractivity contribution in [2.24, 2.45) is 0 Å². The largest absolute Gasteiger partial charge is 0.432 e. The summed E-state index contributed by atoms with van der Waals surface area (Å²) < 4.78 is 4.72. The standard InChI is InChI=1S/C6H6N2O2/c1-2-5(9)8-6-7-3-4-10-6/h2-4H,1H2,(H,7,8,9). The van der Waals surface area contributed by atoms with Gasteiger partial charge in [0.2, 0.25) is 0 Å². The zero-order valence-corrected chi connectivity index (χ0v) is 5.20. The second kappa shape index (κ2) is 2.82. The minimum Gasteiger partial charge on any atom is -0.432 e. The van der Waals surface area contributed by atoms with Gasteiger partial charge in [0.25, 0.3) is 5.91 Å². The first kappa shape index (κ1) is 6.54. The Balaban J connectivity index is 2.56. The lowest BCUT2D eigenvalue weighted by Crippen LogP contribution is -2.06. The van der Waals surface area contributed by atoms with Gasteiger partial charge in [0.15, 0.2) is 0 Å². The fraction of sp³-hybridized carbons (Fsp3) is 0. The van der Waals surface area contributed by atoms with Gasteiger partial charge in [0.1, 0.15) is 6.26 Å². The average Bonchev–Trinajstić information content (AvgIpc) is 2.40. The van der Waals surface area contributed by atoms with Crippen LogP contribution in [0, 0.1) is 0 Å². The Morgan fingerprint density at radius 1 is 1.90 bits per heavy atom. The van der Waals surface area contributed by atoms with Gasteiger partial charge in [-0.25, -0.2) is 4.98 Å². The Morgan fingerprint density at radius 2 is 2.70 bits per heavy atom. The third-order valence-corrected chi connectivity index (χ3v) is 0.848. The molecule has 0 spiro atoms. The molecule has 0 atom stereocenters. The number of aromatic nitrogens is 1. The number of hydrogen-bond acceptors (Lipinski definition) is 3. The lowest BCUT2D eigenvalue weighted by molar-refractivity contribution is -0.112. The van der Waals surface area contributed by atoms with Gasteiger partial charge in [0, 0.05) is 0 Å². The highest BCUT2D eigenvalue weighted by molar-refractivity contribution is 5.97. The summed E-state index contributed by atoms with van der Waals surface area (Å²) in [4.78, 5) is 14.2. The number of carbonyl (C=O) groups excluding carboxylic acids is 1. The van der Waals surface area contributed by atoms with E-state index in [2.05, 4.69) is 16.9 Å². The van der Waals surface area contributed by atoms with Crippen LogP contribution in [0.4, 0.5) is 6.01 Å². The van der Waals surface area contributed by atoms with Crippen LogP contribution >= 0.6 is 0 Å². The molecule has 0 aromatic carbocycles. The molecule has 0 radical (unpaired) electrons. The summed E-state index contributed by atoms with van der Waals surface area (Å²) in [5.74, 6) is -0.331. The molecule has 0 fully saturated rings. The zero-order chi connectivity index (χ0) is 7.40. The SMILES string of the molecule is C=CC(=O)Nc1ncco1. The number of oxazole rings is 1. The number of anilines is 1. The smallest absolute Gasteiger partial charge is 0.301 e. The predicted molar refractivity (Wildman–Crippen MR) is 35.3 cm³/mol. The normalized spacial score (nSPS) is 8.80. The van der Waals surface area contributed by atoms with Gasteiger partial charge in [-0.1, -0.05) is 6.58 Å². The Bertz CT molecular complexity index is 228. The van der Waals surface area contributed by atoms with Crippen LogP contribution < -0.4 is 5.32 Å². The quantitative estimate of drug-likeness (QED) is 0.615. The molecule has 0 saturated carbocycles. The molecule has 4 nitrogen and oxygen atoms in total. The van der Waals surface area contributed by atoms with Crippen molar-refractivity contribution < 1.29 is 9.21 Å². The maximum atomic E-state index is 10.6. The number of amides is 1. The number of carbonyl (C=O) groups is 1. The third-order valence-electron chi connectivity index (χ3n) is 0.848. The zero-order valence-electron chi connectivity index (χ0n) is 5.20. The Kier molecular flexibility index (Phi) is 1.84. The number of rotatable bonds is 2. The van der Waals surface area contributed by atoms with Crippen molar-refractivity contribution >= 4 is 11.9 Å².